The van der Waals surface area contributed by atoms with Crippen LogP contribution in [0.15, 0.2) is 0 Å². The first kappa shape index (κ1) is 28.5. The van der Waals surface area contributed by atoms with Crippen molar-refractivity contribution in [3.8, 4) is 0 Å². The van der Waals surface area contributed by atoms with E-state index in [0.717, 1.165) is 0 Å². The monoisotopic (exact) mass is 466 g/mol. The summed E-state index contributed by atoms with van der Waals surface area (Å²) in [7, 11) is -11.0. The van der Waals surface area contributed by atoms with Gasteiger partial charge in [0.2, 0.25) is 5.91 Å². The zero-order valence-electron chi connectivity index (χ0n) is 14.3. The molecule has 2 saturated heterocycles. The van der Waals surface area contributed by atoms with Crippen LogP contribution < -0.4 is 74.2 Å². The molecule has 2 heterocycles. The van der Waals surface area contributed by atoms with Gasteiger partial charge < -0.3 is 44.4 Å². The van der Waals surface area contributed by atoms with E-state index in [1.54, 1.807) is 0 Å². The van der Waals surface area contributed by atoms with Crippen molar-refractivity contribution in [2.45, 2.75) is 31.0 Å². The fraction of sp³-hybridized carbons (Fsp3) is 0.778. The molecule has 2 rings (SSSR count). The summed E-state index contributed by atoms with van der Waals surface area (Å²) in [5.41, 5.74) is 0. The van der Waals surface area contributed by atoms with Crippen molar-refractivity contribution in [1.82, 2.24) is 10.2 Å². The molecule has 18 heteroatoms. The standard InChI is InChI=1S/C9H16N2O11P2S.2Na/c12-5-1-2-11(9(25)10-5)8-7(14)6(13)4(21-8)3-20-24(18,19)22-23(15,16)17;;/h4,6-8,13-14H,1-3H2,(H,18,19)(H,10,12,25)(H2,15,16,17);;/q;2*+1/p-2/t4-,6-,7-,8-;;/m1../s1. The van der Waals surface area contributed by atoms with E-state index in [2.05, 4.69) is 14.2 Å². The van der Waals surface area contributed by atoms with Crippen LogP contribution in [0.5, 0.6) is 0 Å². The van der Waals surface area contributed by atoms with E-state index in [4.69, 9.17) is 21.8 Å². The maximum Gasteiger partial charge on any atom is 1.00 e. The third-order valence-electron chi connectivity index (χ3n) is 3.33. The molecule has 2 aliphatic heterocycles. The third-order valence-corrected chi connectivity index (χ3v) is 5.76. The van der Waals surface area contributed by atoms with Gasteiger partial charge in [-0.3, -0.25) is 13.9 Å². The Morgan fingerprint density at radius 2 is 1.89 bits per heavy atom. The Balaban J connectivity index is 0.00000338. The van der Waals surface area contributed by atoms with E-state index in [-0.39, 0.29) is 83.1 Å². The first-order valence-electron chi connectivity index (χ1n) is 6.72. The molecule has 6 atom stereocenters. The van der Waals surface area contributed by atoms with Crippen LogP contribution in [0.4, 0.5) is 0 Å². The summed E-state index contributed by atoms with van der Waals surface area (Å²) in [6, 6.07) is 0. The second-order valence-corrected chi connectivity index (χ2v) is 8.27. The van der Waals surface area contributed by atoms with E-state index in [1.807, 2.05) is 0 Å². The number of hydrogen-bond acceptors (Lipinski definition) is 11. The van der Waals surface area contributed by atoms with Gasteiger partial charge in [0.25, 0.3) is 15.6 Å². The predicted molar refractivity (Wildman–Crippen MR) is 77.2 cm³/mol. The number of rotatable bonds is 6. The largest absolute Gasteiger partial charge is 1.00 e. The number of nitrogens with zero attached hydrogens (tertiary/aromatic N) is 1. The van der Waals surface area contributed by atoms with Crippen molar-refractivity contribution >= 4 is 38.9 Å². The molecular weight excluding hydrogens is 452 g/mol. The first-order valence-corrected chi connectivity index (χ1v) is 10.1. The summed E-state index contributed by atoms with van der Waals surface area (Å²) in [4.78, 5) is 42.5. The summed E-state index contributed by atoms with van der Waals surface area (Å²) in [6.07, 6.45) is -5.62. The second kappa shape index (κ2) is 11.2. The van der Waals surface area contributed by atoms with Gasteiger partial charge in [-0.05, 0) is 12.2 Å². The smallest absolute Gasteiger partial charge is 0.756 e. The number of hydrogen-bond donors (Lipinski definition) is 4. The van der Waals surface area contributed by atoms with E-state index in [0.29, 0.717) is 0 Å². The van der Waals surface area contributed by atoms with Crippen LogP contribution in [0.25, 0.3) is 0 Å². The minimum atomic E-state index is -5.59. The Morgan fingerprint density at radius 1 is 1.30 bits per heavy atom. The molecule has 0 aromatic rings. The topological polar surface area (TPSA) is 201 Å². The second-order valence-electron chi connectivity index (χ2n) is 5.14. The average Bonchev–Trinajstić information content (AvgIpc) is 2.71. The molecule has 144 valence electrons. The molecule has 2 fully saturated rings. The van der Waals surface area contributed by atoms with Crippen LogP contribution in [0.3, 0.4) is 0 Å². The molecule has 0 bridgehead atoms. The number of nitrogens with one attached hydrogen (secondary N) is 1. The number of aliphatic hydroxyl groups excluding tert-OH is 2. The molecule has 0 aromatic carbocycles. The van der Waals surface area contributed by atoms with Crippen molar-refractivity contribution in [2.24, 2.45) is 0 Å². The van der Waals surface area contributed by atoms with Gasteiger partial charge in [-0.2, -0.15) is 0 Å². The molecule has 27 heavy (non-hydrogen) atoms. The van der Waals surface area contributed by atoms with E-state index >= 15 is 0 Å². The molecule has 0 aromatic heterocycles. The summed E-state index contributed by atoms with van der Waals surface area (Å²) in [6.45, 7) is -0.803. The van der Waals surface area contributed by atoms with Gasteiger partial charge in [-0.25, -0.2) is 4.31 Å². The normalized spacial score (nSPS) is 32.6. The Kier molecular flexibility index (Phi) is 11.8. The molecule has 2 aliphatic rings. The Hall–Kier alpha value is 1.50. The van der Waals surface area contributed by atoms with Gasteiger partial charge in [0.05, 0.1) is 6.61 Å². The van der Waals surface area contributed by atoms with Crippen molar-refractivity contribution in [2.75, 3.05) is 13.2 Å². The third kappa shape index (κ3) is 8.27. The van der Waals surface area contributed by atoms with Gasteiger partial charge in [0.1, 0.15) is 18.3 Å². The minimum Gasteiger partial charge on any atom is -0.756 e. The van der Waals surface area contributed by atoms with Crippen molar-refractivity contribution in [3.05, 3.63) is 0 Å². The number of aliphatic hydroxyl groups is 2. The molecule has 2 unspecified atom stereocenters. The van der Waals surface area contributed by atoms with E-state index in [1.165, 1.54) is 4.90 Å². The summed E-state index contributed by atoms with van der Waals surface area (Å²) >= 11 is 4.94. The zero-order valence-corrected chi connectivity index (χ0v) is 20.9. The Bertz CT molecular complexity index is 651. The van der Waals surface area contributed by atoms with Crippen molar-refractivity contribution in [3.63, 3.8) is 0 Å². The SMILES string of the molecule is O=C1CCN([C@@H]2O[C@H](COP(=O)([O-])OP(=O)([O-])O)[C@@H](O)[C@H]2O)C(=S)N1.[Na+].[Na+]. The van der Waals surface area contributed by atoms with Crippen molar-refractivity contribution < 1.29 is 112 Å². The van der Waals surface area contributed by atoms with Gasteiger partial charge in [0, 0.05) is 13.0 Å². The molecular formula is C9H14N2Na2O11P2S. The minimum absolute atomic E-state index is 0. The van der Waals surface area contributed by atoms with E-state index < -0.39 is 46.8 Å². The van der Waals surface area contributed by atoms with Crippen LogP contribution >= 0.6 is 27.9 Å². The number of phosphoric acid groups is 2. The maximum atomic E-state index is 11.2. The number of phosphoric ester groups is 1. The number of carbonyl (C=O) groups is 1. The molecule has 13 nitrogen and oxygen atoms in total. The predicted octanol–water partition coefficient (Wildman–Crippen LogP) is -9.49. The number of thiocarbonyl (C=S) groups is 1. The van der Waals surface area contributed by atoms with Gasteiger partial charge in [-0.1, -0.05) is 0 Å². The quantitative estimate of drug-likeness (QED) is 0.163. The van der Waals surface area contributed by atoms with Gasteiger partial charge >= 0.3 is 59.1 Å². The first-order chi connectivity index (χ1) is 11.4. The fourth-order valence-corrected chi connectivity index (χ4v) is 4.10. The van der Waals surface area contributed by atoms with Gasteiger partial charge in [0.15, 0.2) is 11.3 Å². The van der Waals surface area contributed by atoms with Crippen LogP contribution in [0.2, 0.25) is 0 Å². The van der Waals surface area contributed by atoms with Gasteiger partial charge in [-0.15, -0.1) is 0 Å². The fourth-order valence-electron chi connectivity index (χ4n) is 2.26. The summed E-state index contributed by atoms with van der Waals surface area (Å²) in [5, 5.41) is 22.2. The zero-order chi connectivity index (χ0) is 19.0. The molecule has 0 saturated carbocycles. The molecule has 0 spiro atoms. The Morgan fingerprint density at radius 3 is 2.41 bits per heavy atom. The summed E-state index contributed by atoms with van der Waals surface area (Å²) in [5.74, 6) is -0.329. The van der Waals surface area contributed by atoms with Crippen LogP contribution in [-0.2, 0) is 27.5 Å². The van der Waals surface area contributed by atoms with Crippen LogP contribution in [0.1, 0.15) is 6.42 Å². The number of ether oxygens (including phenoxy) is 1. The van der Waals surface area contributed by atoms with Crippen molar-refractivity contribution in [1.29, 1.82) is 0 Å². The maximum absolute atomic E-state index is 11.2. The Labute approximate surface area is 203 Å². The number of carbonyl (C=O) groups excluding carboxylic acids is 1. The average molecular weight is 466 g/mol. The molecule has 4 N–H and O–H groups in total. The van der Waals surface area contributed by atoms with Crippen LogP contribution in [-0.4, -0.2) is 68.7 Å². The molecule has 1 amide bonds. The van der Waals surface area contributed by atoms with Crippen LogP contribution in [0, 0.1) is 0 Å². The molecule has 0 aliphatic carbocycles. The molecule has 0 radical (unpaired) electrons. The summed E-state index contributed by atoms with van der Waals surface area (Å²) < 4.78 is 34.5. The number of amides is 1. The van der Waals surface area contributed by atoms with E-state index in [9.17, 15) is 33.9 Å².